The average Bonchev–Trinajstić information content (AvgIpc) is 2.28. The van der Waals surface area contributed by atoms with Gasteiger partial charge >= 0.3 is 12.0 Å². The van der Waals surface area contributed by atoms with Crippen LogP contribution in [0.4, 0.5) is 4.79 Å². The molecule has 0 aromatic carbocycles. The topological polar surface area (TPSA) is 156 Å². The first-order chi connectivity index (χ1) is 9.11. The molecule has 0 aromatic heterocycles. The van der Waals surface area contributed by atoms with Gasteiger partial charge in [0.1, 0.15) is 15.9 Å². The van der Waals surface area contributed by atoms with Gasteiger partial charge in [-0.15, -0.1) is 0 Å². The Kier molecular flexibility index (Phi) is 7.59. The van der Waals surface area contributed by atoms with Gasteiger partial charge in [-0.05, 0) is 12.8 Å². The fourth-order valence-electron chi connectivity index (χ4n) is 1.26. The zero-order valence-electron chi connectivity index (χ0n) is 11.1. The lowest BCUT2D eigenvalue weighted by Crippen LogP contribution is -2.47. The number of carbonyl (C=O) groups excluding carboxylic acids is 2. The number of carboxylic acid groups (broad SMARTS) is 1. The molecule has 0 aliphatic heterocycles. The number of rotatable bonds is 9. The molecule has 116 valence electrons. The maximum Gasteiger partial charge on any atom is 0.326 e. The summed E-state index contributed by atoms with van der Waals surface area (Å²) in [7, 11) is -3.31. The van der Waals surface area contributed by atoms with E-state index in [1.807, 2.05) is 0 Å². The Morgan fingerprint density at radius 1 is 1.30 bits per heavy atom. The third-order valence-electron chi connectivity index (χ3n) is 2.27. The minimum Gasteiger partial charge on any atom is -0.480 e. The quantitative estimate of drug-likeness (QED) is 0.377. The van der Waals surface area contributed by atoms with Crippen molar-refractivity contribution in [2.45, 2.75) is 25.3 Å². The van der Waals surface area contributed by atoms with Gasteiger partial charge in [0, 0.05) is 19.2 Å². The predicted molar refractivity (Wildman–Crippen MR) is 70.7 cm³/mol. The van der Waals surface area contributed by atoms with Crippen LogP contribution in [0.5, 0.6) is 0 Å². The van der Waals surface area contributed by atoms with Gasteiger partial charge in [-0.2, -0.15) is 0 Å². The molecule has 0 aromatic rings. The molecule has 0 radical (unpaired) electrons. The first-order valence-corrected chi connectivity index (χ1v) is 7.91. The van der Waals surface area contributed by atoms with Crippen LogP contribution in [0.2, 0.25) is 0 Å². The lowest BCUT2D eigenvalue weighted by Gasteiger charge is -2.14. The molecule has 10 heteroatoms. The summed E-state index contributed by atoms with van der Waals surface area (Å²) in [5.74, 6) is -2.16. The summed E-state index contributed by atoms with van der Waals surface area (Å²) in [6.45, 7) is 0.160. The van der Waals surface area contributed by atoms with Crippen molar-refractivity contribution in [3.63, 3.8) is 0 Å². The standard InChI is InChI=1S/C10H19N3O6S/c1-20(18,19)6-4-7(9(15)16)13-10(17)12-5-2-3-8(11)14/h7H,2-6H2,1H3,(H2,11,14)(H,15,16)(H2,12,13,17). The normalized spacial score (nSPS) is 12.4. The monoisotopic (exact) mass is 309 g/mol. The molecule has 0 saturated carbocycles. The fourth-order valence-corrected chi connectivity index (χ4v) is 1.93. The molecule has 0 heterocycles. The van der Waals surface area contributed by atoms with Crippen molar-refractivity contribution in [3.05, 3.63) is 0 Å². The lowest BCUT2D eigenvalue weighted by atomic mass is 10.2. The molecular weight excluding hydrogens is 290 g/mol. The van der Waals surface area contributed by atoms with Crippen LogP contribution in [0.25, 0.3) is 0 Å². The largest absolute Gasteiger partial charge is 0.480 e. The van der Waals surface area contributed by atoms with Crippen LogP contribution < -0.4 is 16.4 Å². The van der Waals surface area contributed by atoms with E-state index in [4.69, 9.17) is 10.8 Å². The second-order valence-electron chi connectivity index (χ2n) is 4.28. The Hall–Kier alpha value is -1.84. The van der Waals surface area contributed by atoms with Crippen LogP contribution >= 0.6 is 0 Å². The smallest absolute Gasteiger partial charge is 0.326 e. The van der Waals surface area contributed by atoms with E-state index in [0.29, 0.717) is 6.42 Å². The van der Waals surface area contributed by atoms with Gasteiger partial charge in [0.2, 0.25) is 5.91 Å². The van der Waals surface area contributed by atoms with Crippen molar-refractivity contribution in [2.24, 2.45) is 5.73 Å². The highest BCUT2D eigenvalue weighted by Gasteiger charge is 2.21. The minimum absolute atomic E-state index is 0.108. The Labute approximate surface area is 116 Å². The third kappa shape index (κ3) is 10.1. The van der Waals surface area contributed by atoms with Gasteiger partial charge in [0.15, 0.2) is 0 Å². The van der Waals surface area contributed by atoms with Crippen molar-refractivity contribution < 1.29 is 27.9 Å². The molecule has 0 aliphatic rings. The predicted octanol–water partition coefficient (Wildman–Crippen LogP) is -1.56. The number of urea groups is 1. The SMILES string of the molecule is CS(=O)(=O)CCC(NC(=O)NCCCC(N)=O)C(=O)O. The van der Waals surface area contributed by atoms with E-state index in [-0.39, 0.29) is 25.1 Å². The zero-order valence-corrected chi connectivity index (χ0v) is 11.9. The Balaban J connectivity index is 4.15. The van der Waals surface area contributed by atoms with E-state index in [0.717, 1.165) is 6.26 Å². The molecule has 1 atom stereocenters. The molecule has 0 aliphatic carbocycles. The van der Waals surface area contributed by atoms with Gasteiger partial charge in [-0.25, -0.2) is 18.0 Å². The highest BCUT2D eigenvalue weighted by Crippen LogP contribution is 1.97. The zero-order chi connectivity index (χ0) is 15.8. The van der Waals surface area contributed by atoms with E-state index in [2.05, 4.69) is 10.6 Å². The van der Waals surface area contributed by atoms with Crippen molar-refractivity contribution in [1.29, 1.82) is 0 Å². The molecular formula is C10H19N3O6S. The number of sulfone groups is 1. The van der Waals surface area contributed by atoms with Crippen molar-refractivity contribution in [2.75, 3.05) is 18.6 Å². The summed E-state index contributed by atoms with van der Waals surface area (Å²) in [5, 5.41) is 13.4. The Morgan fingerprint density at radius 2 is 1.90 bits per heavy atom. The van der Waals surface area contributed by atoms with Gasteiger partial charge in [-0.3, -0.25) is 4.79 Å². The maximum absolute atomic E-state index is 11.4. The Morgan fingerprint density at radius 3 is 2.35 bits per heavy atom. The first kappa shape index (κ1) is 18.2. The maximum atomic E-state index is 11.4. The average molecular weight is 309 g/mol. The van der Waals surface area contributed by atoms with Crippen LogP contribution in [0.15, 0.2) is 0 Å². The molecule has 0 spiro atoms. The van der Waals surface area contributed by atoms with Crippen molar-refractivity contribution in [1.82, 2.24) is 10.6 Å². The molecule has 0 rings (SSSR count). The summed E-state index contributed by atoms with van der Waals surface area (Å²) in [4.78, 5) is 32.7. The van der Waals surface area contributed by atoms with Gasteiger partial charge in [0.25, 0.3) is 0 Å². The van der Waals surface area contributed by atoms with Crippen molar-refractivity contribution >= 4 is 27.7 Å². The number of nitrogens with one attached hydrogen (secondary N) is 2. The highest BCUT2D eigenvalue weighted by molar-refractivity contribution is 7.90. The molecule has 5 N–H and O–H groups in total. The number of carboxylic acids is 1. The highest BCUT2D eigenvalue weighted by atomic mass is 32.2. The lowest BCUT2D eigenvalue weighted by molar-refractivity contribution is -0.139. The van der Waals surface area contributed by atoms with E-state index >= 15 is 0 Å². The van der Waals surface area contributed by atoms with E-state index in [1.54, 1.807) is 0 Å². The van der Waals surface area contributed by atoms with Crippen LogP contribution in [0.1, 0.15) is 19.3 Å². The summed E-state index contributed by atoms with van der Waals surface area (Å²) in [5.41, 5.74) is 4.91. The van der Waals surface area contributed by atoms with Crippen molar-refractivity contribution in [3.8, 4) is 0 Å². The van der Waals surface area contributed by atoms with E-state index in [1.165, 1.54) is 0 Å². The number of aliphatic carboxylic acids is 1. The third-order valence-corrected chi connectivity index (χ3v) is 3.24. The summed E-state index contributed by atoms with van der Waals surface area (Å²) >= 11 is 0. The summed E-state index contributed by atoms with van der Waals surface area (Å²) in [6.07, 6.45) is 1.21. The molecule has 20 heavy (non-hydrogen) atoms. The van der Waals surface area contributed by atoms with Crippen LogP contribution in [-0.4, -0.2) is 56.0 Å². The second kappa shape index (κ2) is 8.35. The number of hydrogen-bond donors (Lipinski definition) is 4. The van der Waals surface area contributed by atoms with Gasteiger partial charge in [-0.1, -0.05) is 0 Å². The molecule has 9 nitrogen and oxygen atoms in total. The fraction of sp³-hybridized carbons (Fsp3) is 0.700. The number of amides is 3. The van der Waals surface area contributed by atoms with Gasteiger partial charge < -0.3 is 21.5 Å². The minimum atomic E-state index is -3.31. The number of carbonyl (C=O) groups is 3. The van der Waals surface area contributed by atoms with E-state index in [9.17, 15) is 22.8 Å². The van der Waals surface area contributed by atoms with Gasteiger partial charge in [0.05, 0.1) is 5.75 Å². The molecule has 0 fully saturated rings. The number of nitrogens with two attached hydrogens (primary N) is 1. The van der Waals surface area contributed by atoms with E-state index < -0.39 is 33.8 Å². The van der Waals surface area contributed by atoms with Crippen LogP contribution in [-0.2, 0) is 19.4 Å². The molecule has 1 unspecified atom stereocenters. The first-order valence-electron chi connectivity index (χ1n) is 5.85. The van der Waals surface area contributed by atoms with Crippen LogP contribution in [0.3, 0.4) is 0 Å². The number of primary amides is 1. The van der Waals surface area contributed by atoms with Crippen LogP contribution in [0, 0.1) is 0 Å². The molecule has 0 saturated heterocycles. The summed E-state index contributed by atoms with van der Waals surface area (Å²) < 4.78 is 21.9. The summed E-state index contributed by atoms with van der Waals surface area (Å²) in [6, 6.07) is -2.03. The second-order valence-corrected chi connectivity index (χ2v) is 6.54. The number of hydrogen-bond acceptors (Lipinski definition) is 5. The molecule has 3 amide bonds. The molecule has 0 bridgehead atoms. The Bertz CT molecular complexity index is 462.